The molecule has 1 N–H and O–H groups in total. The van der Waals surface area contributed by atoms with Crippen LogP contribution in [0.5, 0.6) is 0 Å². The molecule has 1 atom stereocenters. The van der Waals surface area contributed by atoms with Crippen LogP contribution in [0.3, 0.4) is 0 Å². The van der Waals surface area contributed by atoms with Gasteiger partial charge in [0.2, 0.25) is 0 Å². The van der Waals surface area contributed by atoms with Crippen LogP contribution in [0.1, 0.15) is 25.8 Å². The van der Waals surface area contributed by atoms with Crippen LogP contribution in [0.4, 0.5) is 24.5 Å². The first kappa shape index (κ1) is 20.0. The Bertz CT molecular complexity index is 1100. The van der Waals surface area contributed by atoms with Crippen LogP contribution >= 0.6 is 0 Å². The Morgan fingerprint density at radius 1 is 1.17 bits per heavy atom. The highest BCUT2D eigenvalue weighted by Crippen LogP contribution is 2.51. The Morgan fingerprint density at radius 2 is 1.83 bits per heavy atom. The number of anilines is 2. The van der Waals surface area contributed by atoms with Crippen molar-refractivity contribution in [2.45, 2.75) is 31.8 Å². The summed E-state index contributed by atoms with van der Waals surface area (Å²) in [6, 6.07) is 8.83. The lowest BCUT2D eigenvalue weighted by Gasteiger charge is -2.19. The summed E-state index contributed by atoms with van der Waals surface area (Å²) < 4.78 is 68.6. The van der Waals surface area contributed by atoms with Crippen LogP contribution in [0, 0.1) is 11.7 Å². The van der Waals surface area contributed by atoms with Crippen molar-refractivity contribution in [3.63, 3.8) is 0 Å². The number of rotatable bonds is 4. The van der Waals surface area contributed by atoms with Gasteiger partial charge in [-0.1, -0.05) is 12.1 Å². The van der Waals surface area contributed by atoms with Gasteiger partial charge in [0.15, 0.2) is 0 Å². The molecule has 1 saturated carbocycles. The SMILES string of the molecule is CN1c2cc(-c3cc(C(C)(C)O)ccc3F)ccc2N(CC2CC2(F)F)S1(=O)=O. The van der Waals surface area contributed by atoms with E-state index >= 15 is 0 Å². The lowest BCUT2D eigenvalue weighted by molar-refractivity contribution is 0.0785. The lowest BCUT2D eigenvalue weighted by Crippen LogP contribution is -2.37. The molecule has 2 aliphatic rings. The van der Waals surface area contributed by atoms with Crippen LogP contribution in [0.2, 0.25) is 0 Å². The van der Waals surface area contributed by atoms with E-state index in [9.17, 15) is 26.7 Å². The van der Waals surface area contributed by atoms with Gasteiger partial charge in [-0.15, -0.1) is 0 Å². The van der Waals surface area contributed by atoms with Crippen LogP contribution in [0.15, 0.2) is 36.4 Å². The van der Waals surface area contributed by atoms with Gasteiger partial charge in [-0.25, -0.2) is 13.2 Å². The van der Waals surface area contributed by atoms with Crippen molar-refractivity contribution in [2.24, 2.45) is 5.92 Å². The molecule has 0 radical (unpaired) electrons. The third-order valence-electron chi connectivity index (χ3n) is 5.53. The number of hydrogen-bond donors (Lipinski definition) is 1. The van der Waals surface area contributed by atoms with Gasteiger partial charge in [0, 0.05) is 31.5 Å². The van der Waals surface area contributed by atoms with E-state index in [1.807, 2.05) is 0 Å². The zero-order chi connectivity index (χ0) is 21.4. The molecular formula is C20H21F3N2O3S. The molecule has 4 rings (SSSR count). The summed E-state index contributed by atoms with van der Waals surface area (Å²) in [6.07, 6.45) is -0.328. The highest BCUT2D eigenvalue weighted by Gasteiger charge is 2.59. The number of hydrogen-bond acceptors (Lipinski definition) is 3. The molecule has 0 spiro atoms. The van der Waals surface area contributed by atoms with Crippen molar-refractivity contribution in [1.29, 1.82) is 0 Å². The summed E-state index contributed by atoms with van der Waals surface area (Å²) in [5, 5.41) is 10.2. The second-order valence-electron chi connectivity index (χ2n) is 8.13. The number of benzene rings is 2. The molecule has 0 aromatic heterocycles. The predicted octanol–water partition coefficient (Wildman–Crippen LogP) is 3.88. The molecule has 0 amide bonds. The highest BCUT2D eigenvalue weighted by molar-refractivity contribution is 7.94. The minimum Gasteiger partial charge on any atom is -0.386 e. The molecule has 1 fully saturated rings. The van der Waals surface area contributed by atoms with Gasteiger partial charge in [-0.3, -0.25) is 8.61 Å². The maximum absolute atomic E-state index is 14.5. The minimum atomic E-state index is -3.97. The molecule has 2 aromatic rings. The molecule has 9 heteroatoms. The van der Waals surface area contributed by atoms with Crippen molar-refractivity contribution in [3.05, 3.63) is 47.8 Å². The van der Waals surface area contributed by atoms with Gasteiger partial charge >= 0.3 is 10.2 Å². The average molecular weight is 426 g/mol. The van der Waals surface area contributed by atoms with Crippen LogP contribution in [-0.2, 0) is 15.8 Å². The van der Waals surface area contributed by atoms with Crippen LogP contribution in [-0.4, -0.2) is 33.0 Å². The van der Waals surface area contributed by atoms with Gasteiger partial charge in [-0.2, -0.15) is 8.42 Å². The second kappa shape index (κ2) is 6.12. The van der Waals surface area contributed by atoms with Gasteiger partial charge in [0.25, 0.3) is 5.92 Å². The number of alkyl halides is 2. The molecule has 156 valence electrons. The van der Waals surface area contributed by atoms with Crippen molar-refractivity contribution >= 4 is 21.6 Å². The molecule has 1 unspecified atom stereocenters. The van der Waals surface area contributed by atoms with Crippen molar-refractivity contribution in [2.75, 3.05) is 22.2 Å². The number of nitrogens with zero attached hydrogens (tertiary/aromatic N) is 2. The van der Waals surface area contributed by atoms with E-state index in [4.69, 9.17) is 0 Å². The topological polar surface area (TPSA) is 60.9 Å². The van der Waals surface area contributed by atoms with E-state index in [-0.39, 0.29) is 24.2 Å². The Morgan fingerprint density at radius 3 is 2.41 bits per heavy atom. The first-order valence-electron chi connectivity index (χ1n) is 9.13. The average Bonchev–Trinajstić information content (AvgIpc) is 3.18. The van der Waals surface area contributed by atoms with E-state index in [1.54, 1.807) is 19.9 Å². The fraction of sp³-hybridized carbons (Fsp3) is 0.400. The Balaban J connectivity index is 1.76. The summed E-state index contributed by atoms with van der Waals surface area (Å²) in [5.41, 5.74) is 0.551. The zero-order valence-corrected chi connectivity index (χ0v) is 17.0. The molecule has 29 heavy (non-hydrogen) atoms. The monoisotopic (exact) mass is 426 g/mol. The number of halogens is 3. The van der Waals surface area contributed by atoms with Gasteiger partial charge in [-0.05, 0) is 49.2 Å². The summed E-state index contributed by atoms with van der Waals surface area (Å²) in [7, 11) is -2.63. The quantitative estimate of drug-likeness (QED) is 0.807. The molecule has 2 aromatic carbocycles. The van der Waals surface area contributed by atoms with E-state index in [1.165, 1.54) is 37.4 Å². The smallest absolute Gasteiger partial charge is 0.326 e. The summed E-state index contributed by atoms with van der Waals surface area (Å²) >= 11 is 0. The Labute approximate surface area is 167 Å². The van der Waals surface area contributed by atoms with Crippen molar-refractivity contribution in [3.8, 4) is 11.1 Å². The summed E-state index contributed by atoms with van der Waals surface area (Å²) in [5.74, 6) is -4.36. The fourth-order valence-corrected chi connectivity index (χ4v) is 5.00. The maximum atomic E-state index is 14.5. The van der Waals surface area contributed by atoms with Crippen LogP contribution in [0.25, 0.3) is 11.1 Å². The van der Waals surface area contributed by atoms with Crippen molar-refractivity contribution in [1.82, 2.24) is 0 Å². The largest absolute Gasteiger partial charge is 0.386 e. The summed E-state index contributed by atoms with van der Waals surface area (Å²) in [6.45, 7) is 2.87. The predicted molar refractivity (Wildman–Crippen MR) is 105 cm³/mol. The molecular weight excluding hydrogens is 405 g/mol. The minimum absolute atomic E-state index is 0.213. The first-order chi connectivity index (χ1) is 13.3. The Hall–Kier alpha value is -2.26. The maximum Gasteiger partial charge on any atom is 0.326 e. The van der Waals surface area contributed by atoms with E-state index in [2.05, 4.69) is 0 Å². The number of aliphatic hydroxyl groups is 1. The molecule has 0 saturated heterocycles. The molecule has 5 nitrogen and oxygen atoms in total. The summed E-state index contributed by atoms with van der Waals surface area (Å²) in [4.78, 5) is 0. The highest BCUT2D eigenvalue weighted by atomic mass is 32.2. The normalized spacial score (nSPS) is 22.0. The van der Waals surface area contributed by atoms with Gasteiger partial charge in [0.1, 0.15) is 5.82 Å². The zero-order valence-electron chi connectivity index (χ0n) is 16.2. The number of fused-ring (bicyclic) bond motifs is 1. The second-order valence-corrected chi connectivity index (χ2v) is 10.0. The molecule has 1 aliphatic carbocycles. The van der Waals surface area contributed by atoms with Crippen LogP contribution < -0.4 is 8.61 Å². The Kier molecular flexibility index (Phi) is 4.23. The lowest BCUT2D eigenvalue weighted by atomic mass is 9.93. The standard InChI is InChI=1S/C20H21F3N2O3S/c1-19(2,26)13-5-6-16(21)15(9-13)12-4-7-17-18(8-12)24(3)29(27,28)25(17)11-14-10-20(14,22)23/h4-9,14,26H,10-11H2,1-3H3. The molecule has 0 bridgehead atoms. The van der Waals surface area contributed by atoms with Crippen molar-refractivity contribution < 1.29 is 26.7 Å². The first-order valence-corrected chi connectivity index (χ1v) is 10.5. The van der Waals surface area contributed by atoms with E-state index in [0.717, 1.165) is 8.61 Å². The molecule has 1 heterocycles. The molecule has 1 aliphatic heterocycles. The van der Waals surface area contributed by atoms with Gasteiger partial charge in [0.05, 0.1) is 17.0 Å². The third-order valence-corrected chi connectivity index (χ3v) is 7.33. The third kappa shape index (κ3) is 3.26. The van der Waals surface area contributed by atoms with E-state index in [0.29, 0.717) is 16.8 Å². The van der Waals surface area contributed by atoms with Gasteiger partial charge < -0.3 is 5.11 Å². The fourth-order valence-electron chi connectivity index (χ4n) is 3.54. The van der Waals surface area contributed by atoms with E-state index < -0.39 is 33.5 Å².